The van der Waals surface area contributed by atoms with Crippen LogP contribution in [0.5, 0.6) is 0 Å². The van der Waals surface area contributed by atoms with Gasteiger partial charge >= 0.3 is 5.97 Å². The third kappa shape index (κ3) is 3.18. The molecule has 15 heavy (non-hydrogen) atoms. The summed E-state index contributed by atoms with van der Waals surface area (Å²) in [4.78, 5) is 22.5. The van der Waals surface area contributed by atoms with Gasteiger partial charge in [-0.25, -0.2) is 4.39 Å². The van der Waals surface area contributed by atoms with Crippen molar-refractivity contribution < 1.29 is 18.7 Å². The monoisotopic (exact) mass is 217 g/mol. The summed E-state index contributed by atoms with van der Waals surface area (Å²) in [5.41, 5.74) is -0.648. The first-order valence-electron chi connectivity index (χ1n) is 4.96. The molecule has 1 N–H and O–H groups in total. The van der Waals surface area contributed by atoms with Gasteiger partial charge in [0.1, 0.15) is 5.60 Å². The number of piperidine rings is 1. The fraction of sp³-hybridized carbons (Fsp3) is 0.800. The fourth-order valence-corrected chi connectivity index (χ4v) is 1.39. The molecule has 1 rings (SSSR count). The maximum atomic E-state index is 13.4. The zero-order valence-corrected chi connectivity index (χ0v) is 9.17. The van der Waals surface area contributed by atoms with Crippen LogP contribution in [-0.2, 0) is 14.3 Å². The Labute approximate surface area is 88.2 Å². The maximum absolute atomic E-state index is 13.4. The van der Waals surface area contributed by atoms with Gasteiger partial charge < -0.3 is 10.1 Å². The van der Waals surface area contributed by atoms with Crippen LogP contribution in [0.15, 0.2) is 0 Å². The lowest BCUT2D eigenvalue weighted by atomic mass is 9.95. The molecular weight excluding hydrogens is 201 g/mol. The van der Waals surface area contributed by atoms with Crippen molar-refractivity contribution in [3.63, 3.8) is 0 Å². The van der Waals surface area contributed by atoms with E-state index in [0.717, 1.165) is 0 Å². The van der Waals surface area contributed by atoms with Gasteiger partial charge in [-0.2, -0.15) is 0 Å². The molecule has 2 atom stereocenters. The van der Waals surface area contributed by atoms with Gasteiger partial charge in [0.25, 0.3) is 5.91 Å². The summed E-state index contributed by atoms with van der Waals surface area (Å²) in [6.07, 6.45) is -1.49. The van der Waals surface area contributed by atoms with E-state index in [-0.39, 0.29) is 0 Å². The van der Waals surface area contributed by atoms with E-state index in [1.54, 1.807) is 20.8 Å². The van der Waals surface area contributed by atoms with Crippen LogP contribution in [0.4, 0.5) is 4.39 Å². The minimum Gasteiger partial charge on any atom is -0.460 e. The van der Waals surface area contributed by atoms with Gasteiger partial charge in [0.05, 0.1) is 5.92 Å². The normalized spacial score (nSPS) is 27.1. The van der Waals surface area contributed by atoms with Crippen LogP contribution in [0.3, 0.4) is 0 Å². The molecule has 0 aromatic heterocycles. The van der Waals surface area contributed by atoms with E-state index < -0.39 is 29.6 Å². The topological polar surface area (TPSA) is 55.4 Å². The average Bonchev–Trinajstić information content (AvgIpc) is 2.06. The highest BCUT2D eigenvalue weighted by atomic mass is 19.1. The molecule has 0 aromatic rings. The number of hydrogen-bond donors (Lipinski definition) is 1. The van der Waals surface area contributed by atoms with Gasteiger partial charge in [-0.3, -0.25) is 9.59 Å². The molecule has 1 aliphatic heterocycles. The van der Waals surface area contributed by atoms with Crippen LogP contribution < -0.4 is 5.32 Å². The van der Waals surface area contributed by atoms with Crippen molar-refractivity contribution in [1.29, 1.82) is 0 Å². The minimum atomic E-state index is -1.78. The van der Waals surface area contributed by atoms with Crippen LogP contribution in [0.2, 0.25) is 0 Å². The molecule has 0 radical (unpaired) electrons. The van der Waals surface area contributed by atoms with Gasteiger partial charge in [-0.15, -0.1) is 0 Å². The standard InChI is InChI=1S/C10H16FNO3/c1-10(2,3)15-9(14)6-4-5-12-8(13)7(6)11/h6-7H,4-5H2,1-3H3,(H,12,13)/t6-,7-/m0/s1. The molecule has 1 saturated heterocycles. The van der Waals surface area contributed by atoms with Gasteiger partial charge in [0.2, 0.25) is 0 Å². The smallest absolute Gasteiger partial charge is 0.313 e. The number of esters is 1. The van der Waals surface area contributed by atoms with Gasteiger partial charge in [0.15, 0.2) is 6.17 Å². The Morgan fingerprint density at radius 1 is 1.53 bits per heavy atom. The van der Waals surface area contributed by atoms with Crippen molar-refractivity contribution in [1.82, 2.24) is 5.32 Å². The van der Waals surface area contributed by atoms with Crippen molar-refractivity contribution in [3.8, 4) is 0 Å². The van der Waals surface area contributed by atoms with Gasteiger partial charge in [0, 0.05) is 6.54 Å². The second kappa shape index (κ2) is 4.16. The Balaban J connectivity index is 2.63. The Morgan fingerprint density at radius 2 is 2.13 bits per heavy atom. The molecule has 0 saturated carbocycles. The summed E-state index contributed by atoms with van der Waals surface area (Å²) in [5, 5.41) is 2.36. The Morgan fingerprint density at radius 3 is 2.67 bits per heavy atom. The molecule has 1 fully saturated rings. The molecular formula is C10H16FNO3. The molecule has 0 aromatic carbocycles. The average molecular weight is 217 g/mol. The largest absolute Gasteiger partial charge is 0.460 e. The lowest BCUT2D eigenvalue weighted by Crippen LogP contribution is -2.47. The lowest BCUT2D eigenvalue weighted by Gasteiger charge is -2.28. The summed E-state index contributed by atoms with van der Waals surface area (Å²) >= 11 is 0. The number of carbonyl (C=O) groups excluding carboxylic acids is 2. The molecule has 4 nitrogen and oxygen atoms in total. The lowest BCUT2D eigenvalue weighted by molar-refractivity contribution is -0.165. The molecule has 1 amide bonds. The number of hydrogen-bond acceptors (Lipinski definition) is 3. The Kier molecular flexibility index (Phi) is 3.31. The highest BCUT2D eigenvalue weighted by Crippen LogP contribution is 2.21. The van der Waals surface area contributed by atoms with Crippen molar-refractivity contribution in [2.24, 2.45) is 5.92 Å². The fourth-order valence-electron chi connectivity index (χ4n) is 1.39. The number of nitrogens with one attached hydrogen (secondary N) is 1. The first-order chi connectivity index (χ1) is 6.81. The molecule has 5 heteroatoms. The van der Waals surface area contributed by atoms with Crippen LogP contribution in [-0.4, -0.2) is 30.2 Å². The number of ether oxygens (including phenoxy) is 1. The van der Waals surface area contributed by atoms with Crippen molar-refractivity contribution in [2.75, 3.05) is 6.54 Å². The zero-order valence-electron chi connectivity index (χ0n) is 9.17. The number of halogens is 1. The van der Waals surface area contributed by atoms with Gasteiger partial charge in [-0.05, 0) is 27.2 Å². The molecule has 0 unspecified atom stereocenters. The van der Waals surface area contributed by atoms with Crippen molar-refractivity contribution in [3.05, 3.63) is 0 Å². The van der Waals surface area contributed by atoms with Crippen LogP contribution in [0.25, 0.3) is 0 Å². The highest BCUT2D eigenvalue weighted by molar-refractivity contribution is 5.88. The van der Waals surface area contributed by atoms with E-state index in [0.29, 0.717) is 13.0 Å². The van der Waals surface area contributed by atoms with Crippen LogP contribution >= 0.6 is 0 Å². The van der Waals surface area contributed by atoms with E-state index in [9.17, 15) is 14.0 Å². The third-order valence-corrected chi connectivity index (χ3v) is 2.07. The summed E-state index contributed by atoms with van der Waals surface area (Å²) in [7, 11) is 0. The predicted octanol–water partition coefficient (Wildman–Crippen LogP) is 0.802. The van der Waals surface area contributed by atoms with E-state index in [1.165, 1.54) is 0 Å². The third-order valence-electron chi connectivity index (χ3n) is 2.07. The summed E-state index contributed by atoms with van der Waals surface area (Å²) in [5.74, 6) is -2.32. The van der Waals surface area contributed by atoms with Gasteiger partial charge in [-0.1, -0.05) is 0 Å². The van der Waals surface area contributed by atoms with Crippen LogP contribution in [0.1, 0.15) is 27.2 Å². The van der Waals surface area contributed by atoms with Crippen molar-refractivity contribution in [2.45, 2.75) is 39.0 Å². The molecule has 1 aliphatic rings. The number of rotatable bonds is 1. The Bertz CT molecular complexity index is 272. The van der Waals surface area contributed by atoms with E-state index in [2.05, 4.69) is 5.32 Å². The summed E-state index contributed by atoms with van der Waals surface area (Å²) in [6.45, 7) is 5.45. The first kappa shape index (κ1) is 11.9. The summed E-state index contributed by atoms with van der Waals surface area (Å²) in [6, 6.07) is 0. The quantitative estimate of drug-likeness (QED) is 0.661. The van der Waals surface area contributed by atoms with E-state index in [1.807, 2.05) is 0 Å². The summed E-state index contributed by atoms with van der Waals surface area (Å²) < 4.78 is 18.4. The SMILES string of the molecule is CC(C)(C)OC(=O)[C@H]1CCNC(=O)[C@H]1F. The zero-order chi connectivity index (χ0) is 11.6. The number of alkyl halides is 1. The second-order valence-corrected chi connectivity index (χ2v) is 4.62. The highest BCUT2D eigenvalue weighted by Gasteiger charge is 2.39. The molecule has 0 aliphatic carbocycles. The Hall–Kier alpha value is -1.13. The first-order valence-corrected chi connectivity index (χ1v) is 4.96. The molecule has 1 heterocycles. The van der Waals surface area contributed by atoms with E-state index >= 15 is 0 Å². The van der Waals surface area contributed by atoms with Crippen molar-refractivity contribution >= 4 is 11.9 Å². The van der Waals surface area contributed by atoms with Crippen LogP contribution in [0, 0.1) is 5.92 Å². The predicted molar refractivity (Wildman–Crippen MR) is 51.9 cm³/mol. The molecule has 0 bridgehead atoms. The minimum absolute atomic E-state index is 0.293. The number of amides is 1. The second-order valence-electron chi connectivity index (χ2n) is 4.62. The number of carbonyl (C=O) groups is 2. The van der Waals surface area contributed by atoms with E-state index in [4.69, 9.17) is 4.74 Å². The molecule has 0 spiro atoms. The molecule has 86 valence electrons. The maximum Gasteiger partial charge on any atom is 0.313 e.